The number of carbonyl (C=O) groups excluding carboxylic acids is 2. The minimum Gasteiger partial charge on any atom is -0.503 e. The van der Waals surface area contributed by atoms with Gasteiger partial charge in [0.15, 0.2) is 17.6 Å². The van der Waals surface area contributed by atoms with Crippen molar-refractivity contribution in [3.8, 4) is 11.5 Å². The van der Waals surface area contributed by atoms with Crippen molar-refractivity contribution in [2.75, 3.05) is 16.6 Å². The zero-order chi connectivity index (χ0) is 26.4. The van der Waals surface area contributed by atoms with Gasteiger partial charge >= 0.3 is 0 Å². The van der Waals surface area contributed by atoms with Crippen LogP contribution in [0.2, 0.25) is 5.02 Å². The number of halogens is 2. The summed E-state index contributed by atoms with van der Waals surface area (Å²) in [5.74, 6) is -2.02. The number of non-ortho nitro benzene ring substituents is 1. The first-order chi connectivity index (χ1) is 17.7. The molecule has 2 saturated heterocycles. The number of aromatic hydroxyl groups is 1. The number of hydrogen-bond acceptors (Lipinski definition) is 8. The van der Waals surface area contributed by atoms with Gasteiger partial charge in [0.2, 0.25) is 5.91 Å². The lowest BCUT2D eigenvalue weighted by atomic mass is 9.90. The molecule has 3 atom stereocenters. The number of phenols is 1. The third-order valence-electron chi connectivity index (χ3n) is 6.19. The molecule has 2 aliphatic rings. The molecule has 0 saturated carbocycles. The summed E-state index contributed by atoms with van der Waals surface area (Å²) in [6, 6.07) is 14.3. The van der Waals surface area contributed by atoms with E-state index in [9.17, 15) is 24.8 Å². The van der Waals surface area contributed by atoms with E-state index >= 15 is 0 Å². The van der Waals surface area contributed by atoms with E-state index in [1.807, 2.05) is 0 Å². The Morgan fingerprint density at radius 2 is 1.84 bits per heavy atom. The summed E-state index contributed by atoms with van der Waals surface area (Å²) in [6.07, 6.45) is -1.18. The van der Waals surface area contributed by atoms with E-state index in [0.717, 1.165) is 4.90 Å². The Bertz CT molecular complexity index is 1420. The van der Waals surface area contributed by atoms with Gasteiger partial charge in [0, 0.05) is 17.2 Å². The summed E-state index contributed by atoms with van der Waals surface area (Å²) in [5, 5.41) is 23.6. The summed E-state index contributed by atoms with van der Waals surface area (Å²) >= 11 is 9.30. The van der Waals surface area contributed by atoms with Crippen molar-refractivity contribution in [1.29, 1.82) is 0 Å². The van der Waals surface area contributed by atoms with Gasteiger partial charge in [-0.3, -0.25) is 24.5 Å². The van der Waals surface area contributed by atoms with E-state index in [1.165, 1.54) is 23.3 Å². The van der Waals surface area contributed by atoms with E-state index in [4.69, 9.17) is 21.2 Å². The molecule has 0 aromatic heterocycles. The zero-order valence-corrected chi connectivity index (χ0v) is 21.5. The molecule has 5 rings (SSSR count). The molecule has 37 heavy (non-hydrogen) atoms. The van der Waals surface area contributed by atoms with Crippen LogP contribution in [0.25, 0.3) is 0 Å². The highest BCUT2D eigenvalue weighted by Crippen LogP contribution is 2.50. The minimum atomic E-state index is -1.18. The van der Waals surface area contributed by atoms with Gasteiger partial charge in [0.25, 0.3) is 11.6 Å². The van der Waals surface area contributed by atoms with Crippen LogP contribution in [-0.4, -0.2) is 34.6 Å². The molecule has 190 valence electrons. The van der Waals surface area contributed by atoms with E-state index in [-0.39, 0.29) is 29.5 Å². The van der Waals surface area contributed by atoms with Crippen molar-refractivity contribution in [2.24, 2.45) is 5.92 Å². The largest absolute Gasteiger partial charge is 0.503 e. The average molecular weight is 589 g/mol. The number of carbonyl (C=O) groups is 2. The maximum absolute atomic E-state index is 13.7. The number of rotatable bonds is 6. The number of phenolic OH excluding ortho intramolecular Hbond substituents is 1. The molecule has 3 aromatic rings. The number of anilines is 2. The summed E-state index contributed by atoms with van der Waals surface area (Å²) in [4.78, 5) is 45.2. The molecule has 10 nitrogen and oxygen atoms in total. The second-order valence-corrected chi connectivity index (χ2v) is 9.66. The fourth-order valence-electron chi connectivity index (χ4n) is 4.60. The van der Waals surface area contributed by atoms with Crippen molar-refractivity contribution in [3.05, 3.63) is 85.8 Å². The van der Waals surface area contributed by atoms with Crippen LogP contribution in [0.4, 0.5) is 17.1 Å². The number of nitrogens with zero attached hydrogens (tertiary/aromatic N) is 3. The van der Waals surface area contributed by atoms with Crippen molar-refractivity contribution in [1.82, 2.24) is 0 Å². The van der Waals surface area contributed by atoms with Crippen molar-refractivity contribution < 1.29 is 29.2 Å². The van der Waals surface area contributed by atoms with Gasteiger partial charge in [-0.1, -0.05) is 17.7 Å². The van der Waals surface area contributed by atoms with E-state index in [1.54, 1.807) is 49.4 Å². The zero-order valence-electron chi connectivity index (χ0n) is 19.2. The Labute approximate surface area is 224 Å². The number of fused-ring (bicyclic) bond motifs is 1. The first-order valence-electron chi connectivity index (χ1n) is 11.2. The normalized spacial score (nSPS) is 20.9. The molecule has 0 bridgehead atoms. The van der Waals surface area contributed by atoms with Gasteiger partial charge in [-0.2, -0.15) is 0 Å². The van der Waals surface area contributed by atoms with Gasteiger partial charge in [-0.05, 0) is 70.9 Å². The van der Waals surface area contributed by atoms with Crippen molar-refractivity contribution in [2.45, 2.75) is 19.1 Å². The van der Waals surface area contributed by atoms with E-state index in [0.29, 0.717) is 20.7 Å². The van der Waals surface area contributed by atoms with Crippen LogP contribution in [0.15, 0.2) is 65.1 Å². The van der Waals surface area contributed by atoms with Crippen LogP contribution in [0.5, 0.6) is 11.5 Å². The molecule has 0 unspecified atom stereocenters. The standard InChI is InChI=1S/C25H19BrClN3O7/c1-2-36-19-11-13(10-18(26)22(19)31)21-20-23(37-29(21)16-4-3-5-17(12-16)30(34)35)25(33)28(24(20)32)15-8-6-14(27)7-9-15/h3-12,20-21,23,31H,2H2,1H3/t20-,21+,23-/m0/s1. The SMILES string of the molecule is CCOc1cc([C@@H]2[C@@H]3C(=O)N(c4ccc(Cl)cc4)C(=O)[C@H]3ON2c2cccc([N+](=O)[O-])c2)cc(Br)c1O. The van der Waals surface area contributed by atoms with Gasteiger partial charge in [0.1, 0.15) is 5.92 Å². The predicted octanol–water partition coefficient (Wildman–Crippen LogP) is 5.17. The Morgan fingerprint density at radius 1 is 1.11 bits per heavy atom. The lowest BCUT2D eigenvalue weighted by Gasteiger charge is -2.29. The number of imide groups is 1. The maximum atomic E-state index is 13.7. The monoisotopic (exact) mass is 587 g/mol. The molecular weight excluding hydrogens is 570 g/mol. The Kier molecular flexibility index (Phi) is 6.52. The van der Waals surface area contributed by atoms with Crippen LogP contribution >= 0.6 is 27.5 Å². The summed E-state index contributed by atoms with van der Waals surface area (Å²) < 4.78 is 5.87. The number of amides is 2. The molecule has 3 aromatic carbocycles. The highest BCUT2D eigenvalue weighted by molar-refractivity contribution is 9.10. The first kappa shape index (κ1) is 25.0. The third-order valence-corrected chi connectivity index (χ3v) is 7.04. The van der Waals surface area contributed by atoms with Crippen LogP contribution < -0.4 is 14.7 Å². The Hall–Kier alpha value is -3.67. The number of nitro benzene ring substituents is 1. The molecule has 0 spiro atoms. The van der Waals surface area contributed by atoms with Crippen LogP contribution in [-0.2, 0) is 14.4 Å². The van der Waals surface area contributed by atoms with Gasteiger partial charge in [0.05, 0.1) is 33.4 Å². The van der Waals surface area contributed by atoms with Crippen LogP contribution in [0.3, 0.4) is 0 Å². The first-order valence-corrected chi connectivity index (χ1v) is 12.4. The minimum absolute atomic E-state index is 0.125. The molecule has 2 amide bonds. The second kappa shape index (κ2) is 9.66. The molecular formula is C25H19BrClN3O7. The summed E-state index contributed by atoms with van der Waals surface area (Å²) in [7, 11) is 0. The van der Waals surface area contributed by atoms with Crippen LogP contribution in [0.1, 0.15) is 18.5 Å². The fraction of sp³-hybridized carbons (Fsp3) is 0.200. The van der Waals surface area contributed by atoms with Gasteiger partial charge < -0.3 is 9.84 Å². The molecule has 1 N–H and O–H groups in total. The maximum Gasteiger partial charge on any atom is 0.271 e. The van der Waals surface area contributed by atoms with Gasteiger partial charge in [-0.15, -0.1) is 0 Å². The second-order valence-electron chi connectivity index (χ2n) is 8.37. The molecule has 2 heterocycles. The van der Waals surface area contributed by atoms with E-state index < -0.39 is 34.8 Å². The molecule has 0 aliphatic carbocycles. The van der Waals surface area contributed by atoms with Crippen LogP contribution in [0, 0.1) is 16.0 Å². The highest BCUT2D eigenvalue weighted by Gasteiger charge is 2.60. The summed E-state index contributed by atoms with van der Waals surface area (Å²) in [5.41, 5.74) is 0.944. The lowest BCUT2D eigenvalue weighted by Crippen LogP contribution is -2.37. The molecule has 12 heteroatoms. The summed E-state index contributed by atoms with van der Waals surface area (Å²) in [6.45, 7) is 2.03. The topological polar surface area (TPSA) is 122 Å². The number of nitro groups is 1. The number of benzene rings is 3. The quantitative estimate of drug-likeness (QED) is 0.238. The lowest BCUT2D eigenvalue weighted by molar-refractivity contribution is -0.384. The molecule has 0 radical (unpaired) electrons. The fourth-order valence-corrected chi connectivity index (χ4v) is 5.18. The van der Waals surface area contributed by atoms with Crippen molar-refractivity contribution >= 4 is 56.4 Å². The van der Waals surface area contributed by atoms with Crippen molar-refractivity contribution in [3.63, 3.8) is 0 Å². The Morgan fingerprint density at radius 3 is 2.51 bits per heavy atom. The third kappa shape index (κ3) is 4.28. The average Bonchev–Trinajstić information content (AvgIpc) is 3.38. The smallest absolute Gasteiger partial charge is 0.271 e. The van der Waals surface area contributed by atoms with E-state index in [2.05, 4.69) is 15.9 Å². The molecule has 2 aliphatic heterocycles. The highest BCUT2D eigenvalue weighted by atomic mass is 79.9. The van der Waals surface area contributed by atoms with Gasteiger partial charge in [-0.25, -0.2) is 9.96 Å². The number of ether oxygens (including phenoxy) is 1. The predicted molar refractivity (Wildman–Crippen MR) is 138 cm³/mol. The number of hydroxylamine groups is 1. The number of hydrogen-bond donors (Lipinski definition) is 1. The molecule has 2 fully saturated rings. The Balaban J connectivity index is 1.64.